The van der Waals surface area contributed by atoms with Gasteiger partial charge in [-0.3, -0.25) is 0 Å². The normalized spacial score (nSPS) is 11.8. The number of benzene rings is 3. The number of aliphatic hydroxyl groups excluding tert-OH is 1. The van der Waals surface area contributed by atoms with Gasteiger partial charge in [0.15, 0.2) is 11.5 Å². The van der Waals surface area contributed by atoms with E-state index in [2.05, 4.69) is 5.32 Å². The summed E-state index contributed by atoms with van der Waals surface area (Å²) < 4.78 is 25.6. The molecule has 0 unspecified atom stereocenters. The van der Waals surface area contributed by atoms with Gasteiger partial charge in [-0.2, -0.15) is 0 Å². The molecule has 0 saturated heterocycles. The molecule has 152 valence electrons. The van der Waals surface area contributed by atoms with E-state index in [-0.39, 0.29) is 12.4 Å². The lowest BCUT2D eigenvalue weighted by Gasteiger charge is -2.18. The molecular weight excluding hydrogens is 369 g/mol. The van der Waals surface area contributed by atoms with Gasteiger partial charge in [0.2, 0.25) is 0 Å². The van der Waals surface area contributed by atoms with E-state index in [0.717, 1.165) is 11.1 Å². The van der Waals surface area contributed by atoms with Crippen molar-refractivity contribution in [2.45, 2.75) is 26.2 Å². The number of rotatable bonds is 10. The average molecular weight is 395 g/mol. The van der Waals surface area contributed by atoms with Gasteiger partial charge in [0.1, 0.15) is 12.4 Å². The van der Waals surface area contributed by atoms with E-state index < -0.39 is 6.10 Å². The van der Waals surface area contributed by atoms with Crippen LogP contribution >= 0.6 is 0 Å². The lowest BCUT2D eigenvalue weighted by Crippen LogP contribution is -2.21. The van der Waals surface area contributed by atoms with Gasteiger partial charge >= 0.3 is 0 Å². The van der Waals surface area contributed by atoms with E-state index in [1.807, 2.05) is 55.5 Å². The summed E-state index contributed by atoms with van der Waals surface area (Å²) in [6.45, 7) is 3.39. The highest BCUT2D eigenvalue weighted by Crippen LogP contribution is 2.32. The molecule has 0 saturated carbocycles. The zero-order valence-electron chi connectivity index (χ0n) is 16.5. The van der Waals surface area contributed by atoms with E-state index in [1.54, 1.807) is 18.2 Å². The smallest absolute Gasteiger partial charge is 0.166 e. The number of hydrogen-bond acceptors (Lipinski definition) is 4. The molecule has 5 heteroatoms. The Morgan fingerprint density at radius 2 is 1.62 bits per heavy atom. The largest absolute Gasteiger partial charge is 0.490 e. The van der Waals surface area contributed by atoms with Gasteiger partial charge in [-0.05, 0) is 24.6 Å². The predicted octanol–water partition coefficient (Wildman–Crippen LogP) is 4.63. The fourth-order valence-electron chi connectivity index (χ4n) is 3.04. The molecule has 3 rings (SSSR count). The molecule has 0 aliphatic heterocycles. The van der Waals surface area contributed by atoms with E-state index in [0.29, 0.717) is 36.8 Å². The second-order valence-electron chi connectivity index (χ2n) is 6.61. The molecule has 0 spiro atoms. The first-order valence-corrected chi connectivity index (χ1v) is 9.73. The van der Waals surface area contributed by atoms with Gasteiger partial charge in [0.05, 0.1) is 12.7 Å². The number of aliphatic hydroxyl groups is 1. The van der Waals surface area contributed by atoms with Crippen LogP contribution in [0.5, 0.6) is 11.5 Å². The highest BCUT2D eigenvalue weighted by molar-refractivity contribution is 5.47. The maximum Gasteiger partial charge on any atom is 0.166 e. The molecule has 3 aromatic carbocycles. The number of ether oxygens (including phenoxy) is 2. The van der Waals surface area contributed by atoms with Gasteiger partial charge in [0, 0.05) is 24.2 Å². The summed E-state index contributed by atoms with van der Waals surface area (Å²) in [5, 5.41) is 13.6. The summed E-state index contributed by atoms with van der Waals surface area (Å²) in [4.78, 5) is 0. The van der Waals surface area contributed by atoms with Crippen molar-refractivity contribution in [1.29, 1.82) is 0 Å². The Balaban J connectivity index is 1.68. The Morgan fingerprint density at radius 3 is 2.38 bits per heavy atom. The molecule has 0 fully saturated rings. The number of nitrogens with one attached hydrogen (secondary N) is 1. The van der Waals surface area contributed by atoms with Crippen LogP contribution in [0.2, 0.25) is 0 Å². The molecule has 0 heterocycles. The molecule has 0 aromatic heterocycles. The molecule has 0 bridgehead atoms. The zero-order valence-corrected chi connectivity index (χ0v) is 16.5. The summed E-state index contributed by atoms with van der Waals surface area (Å²) in [7, 11) is 0. The monoisotopic (exact) mass is 395 g/mol. The fourth-order valence-corrected chi connectivity index (χ4v) is 3.04. The highest BCUT2D eigenvalue weighted by Gasteiger charge is 2.13. The van der Waals surface area contributed by atoms with Gasteiger partial charge < -0.3 is 19.9 Å². The van der Waals surface area contributed by atoms with Gasteiger partial charge in [0.25, 0.3) is 0 Å². The predicted molar refractivity (Wildman–Crippen MR) is 111 cm³/mol. The van der Waals surface area contributed by atoms with Crippen LogP contribution in [0, 0.1) is 5.82 Å². The van der Waals surface area contributed by atoms with Crippen LogP contribution in [-0.4, -0.2) is 18.3 Å². The van der Waals surface area contributed by atoms with Crippen molar-refractivity contribution >= 4 is 0 Å². The third-order valence-corrected chi connectivity index (χ3v) is 4.53. The van der Waals surface area contributed by atoms with Crippen molar-refractivity contribution in [3.8, 4) is 11.5 Å². The molecule has 29 heavy (non-hydrogen) atoms. The average Bonchev–Trinajstić information content (AvgIpc) is 2.75. The summed E-state index contributed by atoms with van der Waals surface area (Å²) >= 11 is 0. The van der Waals surface area contributed by atoms with E-state index in [9.17, 15) is 9.50 Å². The van der Waals surface area contributed by atoms with Crippen molar-refractivity contribution in [2.24, 2.45) is 0 Å². The summed E-state index contributed by atoms with van der Waals surface area (Å²) in [6, 6.07) is 21.7. The molecule has 2 N–H and O–H groups in total. The molecule has 3 aromatic rings. The standard InChI is InChI=1S/C24H26FNO3/c1-2-28-23-14-8-12-19(15-26-16-22(27)18-9-4-3-5-10-18)24(23)29-17-20-11-6-7-13-21(20)25/h3-14,22,26-27H,2,15-17H2,1H3/t22-/m1/s1. The molecular formula is C24H26FNO3. The lowest BCUT2D eigenvalue weighted by atomic mass is 10.1. The minimum atomic E-state index is -0.603. The topological polar surface area (TPSA) is 50.7 Å². The number of para-hydroxylation sites is 1. The van der Waals surface area contributed by atoms with E-state index >= 15 is 0 Å². The van der Waals surface area contributed by atoms with Gasteiger partial charge in [-0.25, -0.2) is 4.39 Å². The quantitative estimate of drug-likeness (QED) is 0.526. The summed E-state index contributed by atoms with van der Waals surface area (Å²) in [5.74, 6) is 0.901. The first kappa shape index (κ1) is 20.8. The zero-order chi connectivity index (χ0) is 20.5. The maximum atomic E-state index is 13.9. The van der Waals surface area contributed by atoms with E-state index in [1.165, 1.54) is 6.07 Å². The Hall–Kier alpha value is -2.89. The molecule has 0 aliphatic rings. The van der Waals surface area contributed by atoms with Gasteiger partial charge in [-0.1, -0.05) is 60.7 Å². The molecule has 0 amide bonds. The molecule has 0 aliphatic carbocycles. The third-order valence-electron chi connectivity index (χ3n) is 4.53. The Bertz CT molecular complexity index is 902. The first-order valence-electron chi connectivity index (χ1n) is 9.73. The van der Waals surface area contributed by atoms with Crippen molar-refractivity contribution in [2.75, 3.05) is 13.2 Å². The molecule has 0 radical (unpaired) electrons. The minimum absolute atomic E-state index is 0.108. The van der Waals surface area contributed by atoms with Crippen LogP contribution in [0.3, 0.4) is 0 Å². The Labute approximate surface area is 170 Å². The SMILES string of the molecule is CCOc1cccc(CNC[C@@H](O)c2ccccc2)c1OCc1ccccc1F. The Morgan fingerprint density at radius 1 is 0.897 bits per heavy atom. The van der Waals surface area contributed by atoms with Crippen LogP contribution in [0.4, 0.5) is 4.39 Å². The van der Waals surface area contributed by atoms with Crippen LogP contribution in [0.15, 0.2) is 72.8 Å². The molecule has 4 nitrogen and oxygen atoms in total. The van der Waals surface area contributed by atoms with Crippen LogP contribution in [0.1, 0.15) is 29.7 Å². The van der Waals surface area contributed by atoms with Crippen LogP contribution in [-0.2, 0) is 13.2 Å². The second kappa shape index (κ2) is 10.6. The minimum Gasteiger partial charge on any atom is -0.490 e. The van der Waals surface area contributed by atoms with Crippen LogP contribution in [0.25, 0.3) is 0 Å². The third kappa shape index (κ3) is 5.79. The maximum absolute atomic E-state index is 13.9. The summed E-state index contributed by atoms with van der Waals surface area (Å²) in [5.41, 5.74) is 2.23. The summed E-state index contributed by atoms with van der Waals surface area (Å²) in [6.07, 6.45) is -0.603. The van der Waals surface area contributed by atoms with E-state index in [4.69, 9.17) is 9.47 Å². The van der Waals surface area contributed by atoms with Crippen molar-refractivity contribution in [3.05, 3.63) is 95.3 Å². The van der Waals surface area contributed by atoms with Crippen molar-refractivity contribution < 1.29 is 19.0 Å². The highest BCUT2D eigenvalue weighted by atomic mass is 19.1. The Kier molecular flexibility index (Phi) is 7.61. The number of hydrogen-bond donors (Lipinski definition) is 2. The van der Waals surface area contributed by atoms with Gasteiger partial charge in [-0.15, -0.1) is 0 Å². The van der Waals surface area contributed by atoms with Crippen molar-refractivity contribution in [1.82, 2.24) is 5.32 Å². The van der Waals surface area contributed by atoms with Crippen LogP contribution < -0.4 is 14.8 Å². The first-order chi connectivity index (χ1) is 14.2. The van der Waals surface area contributed by atoms with Crippen molar-refractivity contribution in [3.63, 3.8) is 0 Å². The lowest BCUT2D eigenvalue weighted by molar-refractivity contribution is 0.174. The second-order valence-corrected chi connectivity index (χ2v) is 6.61. The molecule has 1 atom stereocenters. The fraction of sp³-hybridized carbons (Fsp3) is 0.250. The number of halogens is 1.